The summed E-state index contributed by atoms with van der Waals surface area (Å²) in [5.41, 5.74) is 1.02. The van der Waals surface area contributed by atoms with Crippen molar-refractivity contribution in [1.29, 1.82) is 0 Å². The monoisotopic (exact) mass is 343 g/mol. The number of rotatable bonds is 6. The zero-order valence-corrected chi connectivity index (χ0v) is 13.8. The molecular weight excluding hydrogens is 322 g/mol. The Hall–Kier alpha value is -2.77. The maximum absolute atomic E-state index is 12.8. The second-order valence-corrected chi connectivity index (χ2v) is 6.39. The predicted molar refractivity (Wildman–Crippen MR) is 88.5 cm³/mol. The third kappa shape index (κ3) is 4.40. The standard InChI is InChI=1S/C17H21N5O3/c23-16(19-14-8-6-13(7-9-14)17(24)25)15(22-11-18-20-21-22)10-12-4-2-1-3-5-12/h1-5,11,13-15H,6-10H2,(H,19,23)(H,24,25). The Morgan fingerprint density at radius 1 is 1.20 bits per heavy atom. The quantitative estimate of drug-likeness (QED) is 0.816. The van der Waals surface area contributed by atoms with Crippen LogP contribution in [0.2, 0.25) is 0 Å². The van der Waals surface area contributed by atoms with Crippen LogP contribution in [0.3, 0.4) is 0 Å². The highest BCUT2D eigenvalue weighted by molar-refractivity contribution is 5.80. The highest BCUT2D eigenvalue weighted by Crippen LogP contribution is 2.25. The second kappa shape index (κ2) is 7.87. The summed E-state index contributed by atoms with van der Waals surface area (Å²) in [6.45, 7) is 0. The van der Waals surface area contributed by atoms with Gasteiger partial charge in [-0.1, -0.05) is 30.3 Å². The van der Waals surface area contributed by atoms with Crippen LogP contribution in [0.15, 0.2) is 36.7 Å². The average molecular weight is 343 g/mol. The molecule has 1 fully saturated rings. The number of benzene rings is 1. The fraction of sp³-hybridized carbons (Fsp3) is 0.471. The molecule has 0 bridgehead atoms. The van der Waals surface area contributed by atoms with Crippen LogP contribution in [0, 0.1) is 5.92 Å². The van der Waals surface area contributed by atoms with Gasteiger partial charge in [0.15, 0.2) is 0 Å². The van der Waals surface area contributed by atoms with E-state index in [0.29, 0.717) is 32.1 Å². The summed E-state index contributed by atoms with van der Waals surface area (Å²) in [6, 6.07) is 9.17. The van der Waals surface area contributed by atoms with Gasteiger partial charge in [0.1, 0.15) is 12.4 Å². The molecule has 25 heavy (non-hydrogen) atoms. The van der Waals surface area contributed by atoms with E-state index >= 15 is 0 Å². The van der Waals surface area contributed by atoms with E-state index < -0.39 is 12.0 Å². The molecule has 2 aromatic rings. The third-order valence-electron chi connectivity index (χ3n) is 4.68. The first-order valence-electron chi connectivity index (χ1n) is 8.43. The van der Waals surface area contributed by atoms with Crippen molar-refractivity contribution in [1.82, 2.24) is 25.5 Å². The topological polar surface area (TPSA) is 110 Å². The van der Waals surface area contributed by atoms with E-state index in [1.807, 2.05) is 30.3 Å². The lowest BCUT2D eigenvalue weighted by molar-refractivity contribution is -0.142. The number of carbonyl (C=O) groups excluding carboxylic acids is 1. The second-order valence-electron chi connectivity index (χ2n) is 6.39. The maximum Gasteiger partial charge on any atom is 0.306 e. The number of nitrogens with one attached hydrogen (secondary N) is 1. The van der Waals surface area contributed by atoms with Gasteiger partial charge in [0.25, 0.3) is 0 Å². The number of hydrogen-bond acceptors (Lipinski definition) is 5. The van der Waals surface area contributed by atoms with E-state index in [-0.39, 0.29) is 17.9 Å². The van der Waals surface area contributed by atoms with E-state index in [9.17, 15) is 9.59 Å². The molecule has 8 nitrogen and oxygen atoms in total. The normalized spacial score (nSPS) is 21.4. The molecule has 1 aliphatic rings. The summed E-state index contributed by atoms with van der Waals surface area (Å²) >= 11 is 0. The summed E-state index contributed by atoms with van der Waals surface area (Å²) in [4.78, 5) is 23.8. The number of tetrazole rings is 1. The zero-order chi connectivity index (χ0) is 17.6. The largest absolute Gasteiger partial charge is 0.481 e. The molecule has 1 amide bonds. The molecule has 1 aromatic carbocycles. The Balaban J connectivity index is 1.65. The van der Waals surface area contributed by atoms with Gasteiger partial charge >= 0.3 is 5.97 Å². The summed E-state index contributed by atoms with van der Waals surface area (Å²) in [5.74, 6) is -1.19. The van der Waals surface area contributed by atoms with Crippen molar-refractivity contribution in [3.63, 3.8) is 0 Å². The summed E-state index contributed by atoms with van der Waals surface area (Å²) < 4.78 is 1.46. The predicted octanol–water partition coefficient (Wildman–Crippen LogP) is 1.22. The van der Waals surface area contributed by atoms with Crippen LogP contribution in [-0.2, 0) is 16.0 Å². The minimum Gasteiger partial charge on any atom is -0.481 e. The van der Waals surface area contributed by atoms with E-state index in [1.54, 1.807) is 0 Å². The third-order valence-corrected chi connectivity index (χ3v) is 4.68. The van der Waals surface area contributed by atoms with Crippen molar-refractivity contribution in [2.75, 3.05) is 0 Å². The lowest BCUT2D eigenvalue weighted by Crippen LogP contribution is -2.43. The van der Waals surface area contributed by atoms with E-state index in [2.05, 4.69) is 20.8 Å². The van der Waals surface area contributed by atoms with E-state index in [1.165, 1.54) is 11.0 Å². The van der Waals surface area contributed by atoms with Crippen molar-refractivity contribution in [2.45, 2.75) is 44.2 Å². The minimum atomic E-state index is -0.750. The Labute approximate surface area is 145 Å². The number of hydrogen-bond donors (Lipinski definition) is 2. The first-order chi connectivity index (χ1) is 12.1. The fourth-order valence-electron chi connectivity index (χ4n) is 3.24. The van der Waals surface area contributed by atoms with Gasteiger partial charge in [0.2, 0.25) is 5.91 Å². The first-order valence-corrected chi connectivity index (χ1v) is 8.43. The van der Waals surface area contributed by atoms with Crippen LogP contribution in [0.5, 0.6) is 0 Å². The molecular formula is C17H21N5O3. The molecule has 0 radical (unpaired) electrons. The molecule has 2 N–H and O–H groups in total. The van der Waals surface area contributed by atoms with E-state index in [0.717, 1.165) is 5.56 Å². The van der Waals surface area contributed by atoms with Crippen molar-refractivity contribution >= 4 is 11.9 Å². The van der Waals surface area contributed by atoms with Gasteiger partial charge in [-0.2, -0.15) is 0 Å². The number of carbonyl (C=O) groups is 2. The van der Waals surface area contributed by atoms with Gasteiger partial charge in [-0.3, -0.25) is 9.59 Å². The van der Waals surface area contributed by atoms with Crippen molar-refractivity contribution < 1.29 is 14.7 Å². The van der Waals surface area contributed by atoms with Crippen LogP contribution < -0.4 is 5.32 Å². The van der Waals surface area contributed by atoms with Crippen molar-refractivity contribution in [3.05, 3.63) is 42.2 Å². The van der Waals surface area contributed by atoms with Gasteiger partial charge in [0.05, 0.1) is 5.92 Å². The number of aliphatic carboxylic acids is 1. The molecule has 0 spiro atoms. The average Bonchev–Trinajstić information content (AvgIpc) is 3.15. The molecule has 1 saturated carbocycles. The molecule has 3 rings (SSSR count). The number of carboxylic acids is 1. The van der Waals surface area contributed by atoms with Gasteiger partial charge in [0, 0.05) is 12.5 Å². The van der Waals surface area contributed by atoms with Crippen molar-refractivity contribution in [3.8, 4) is 0 Å². The SMILES string of the molecule is O=C(O)C1CCC(NC(=O)C(Cc2ccccc2)n2cnnn2)CC1. The number of aromatic nitrogens is 4. The lowest BCUT2D eigenvalue weighted by atomic mass is 9.86. The zero-order valence-electron chi connectivity index (χ0n) is 13.8. The van der Waals surface area contributed by atoms with Crippen LogP contribution in [0.4, 0.5) is 0 Å². The van der Waals surface area contributed by atoms with Gasteiger partial charge < -0.3 is 10.4 Å². The van der Waals surface area contributed by atoms with Gasteiger partial charge in [-0.05, 0) is 41.7 Å². The number of nitrogens with zero attached hydrogens (tertiary/aromatic N) is 4. The van der Waals surface area contributed by atoms with Crippen LogP contribution >= 0.6 is 0 Å². The highest BCUT2D eigenvalue weighted by atomic mass is 16.4. The lowest BCUT2D eigenvalue weighted by Gasteiger charge is -2.28. The Morgan fingerprint density at radius 3 is 2.52 bits per heavy atom. The minimum absolute atomic E-state index is 0.00199. The summed E-state index contributed by atoms with van der Waals surface area (Å²) in [7, 11) is 0. The summed E-state index contributed by atoms with van der Waals surface area (Å²) in [6.07, 6.45) is 4.46. The molecule has 1 aliphatic carbocycles. The molecule has 0 saturated heterocycles. The van der Waals surface area contributed by atoms with Gasteiger partial charge in [-0.15, -0.1) is 5.10 Å². The van der Waals surface area contributed by atoms with Crippen molar-refractivity contribution in [2.24, 2.45) is 5.92 Å². The number of carboxylic acid groups (broad SMARTS) is 1. The molecule has 8 heteroatoms. The molecule has 1 heterocycles. The fourth-order valence-corrected chi connectivity index (χ4v) is 3.24. The van der Waals surface area contributed by atoms with Gasteiger partial charge in [-0.25, -0.2) is 4.68 Å². The first kappa shape index (κ1) is 17.1. The molecule has 1 unspecified atom stereocenters. The van der Waals surface area contributed by atoms with Crippen LogP contribution in [-0.4, -0.2) is 43.2 Å². The molecule has 1 atom stereocenters. The number of amides is 1. The maximum atomic E-state index is 12.8. The smallest absolute Gasteiger partial charge is 0.306 e. The van der Waals surface area contributed by atoms with Crippen LogP contribution in [0.1, 0.15) is 37.3 Å². The molecule has 132 valence electrons. The Morgan fingerprint density at radius 2 is 1.92 bits per heavy atom. The van der Waals surface area contributed by atoms with E-state index in [4.69, 9.17) is 5.11 Å². The molecule has 0 aliphatic heterocycles. The van der Waals surface area contributed by atoms with Crippen LogP contribution in [0.25, 0.3) is 0 Å². The Bertz CT molecular complexity index is 696. The molecule has 1 aromatic heterocycles. The Kier molecular flexibility index (Phi) is 5.37. The highest BCUT2D eigenvalue weighted by Gasteiger charge is 2.29. The summed E-state index contributed by atoms with van der Waals surface area (Å²) in [5, 5.41) is 23.2.